The molecule has 0 saturated heterocycles. The van der Waals surface area contributed by atoms with Crippen LogP contribution in [0.1, 0.15) is 31.9 Å². The molecular weight excluding hydrogens is 272 g/mol. The highest BCUT2D eigenvalue weighted by Crippen LogP contribution is 2.29. The van der Waals surface area contributed by atoms with Crippen LogP contribution in [0.5, 0.6) is 5.75 Å². The molecule has 1 rings (SSSR count). The summed E-state index contributed by atoms with van der Waals surface area (Å²) in [5.74, 6) is 1.39. The summed E-state index contributed by atoms with van der Waals surface area (Å²) in [5.41, 5.74) is 1.97. The zero-order valence-corrected chi connectivity index (χ0v) is 13.2. The quantitative estimate of drug-likeness (QED) is 0.770. The first-order chi connectivity index (χ1) is 9.43. The predicted molar refractivity (Wildman–Crippen MR) is 85.3 cm³/mol. The topological polar surface area (TPSA) is 46.5 Å². The number of carbonyl (C=O) groups is 1. The maximum atomic E-state index is 10.6. The van der Waals surface area contributed by atoms with Crippen LogP contribution in [-0.4, -0.2) is 23.4 Å². The number of benzene rings is 1. The molecule has 0 amide bonds. The van der Waals surface area contributed by atoms with Crippen LogP contribution in [-0.2, 0) is 10.5 Å². The van der Waals surface area contributed by atoms with E-state index in [9.17, 15) is 4.79 Å². The van der Waals surface area contributed by atoms with Gasteiger partial charge >= 0.3 is 5.97 Å². The molecule has 1 aromatic rings. The third-order valence-corrected chi connectivity index (χ3v) is 4.71. The van der Waals surface area contributed by atoms with E-state index < -0.39 is 5.97 Å². The van der Waals surface area contributed by atoms with Gasteiger partial charge in [0.15, 0.2) is 0 Å². The Morgan fingerprint density at radius 1 is 1.40 bits per heavy atom. The van der Waals surface area contributed by atoms with Crippen molar-refractivity contribution in [2.75, 3.05) is 7.11 Å². The van der Waals surface area contributed by atoms with Gasteiger partial charge in [0, 0.05) is 22.6 Å². The molecule has 0 aliphatic rings. The van der Waals surface area contributed by atoms with Gasteiger partial charge in [-0.2, -0.15) is 11.8 Å². The third kappa shape index (κ3) is 5.29. The molecule has 0 heterocycles. The largest absolute Gasteiger partial charge is 0.496 e. The average Bonchev–Trinajstić information content (AvgIpc) is 2.42. The molecule has 110 valence electrons. The molecule has 0 aromatic heterocycles. The van der Waals surface area contributed by atoms with E-state index in [1.165, 1.54) is 0 Å². The number of thioether (sulfide) groups is 1. The number of carboxylic acids is 1. The van der Waals surface area contributed by atoms with E-state index in [0.29, 0.717) is 11.2 Å². The van der Waals surface area contributed by atoms with Gasteiger partial charge in [0.25, 0.3) is 0 Å². The van der Waals surface area contributed by atoms with Gasteiger partial charge in [-0.1, -0.05) is 26.8 Å². The van der Waals surface area contributed by atoms with Crippen LogP contribution in [0.2, 0.25) is 0 Å². The van der Waals surface area contributed by atoms with Gasteiger partial charge in [-0.3, -0.25) is 0 Å². The second kappa shape index (κ2) is 8.00. The van der Waals surface area contributed by atoms with Crippen molar-refractivity contribution in [2.45, 2.75) is 31.8 Å². The Labute approximate surface area is 125 Å². The third-order valence-electron chi connectivity index (χ3n) is 3.16. The summed E-state index contributed by atoms with van der Waals surface area (Å²) in [7, 11) is 1.65. The second-order valence-electron chi connectivity index (χ2n) is 5.00. The van der Waals surface area contributed by atoms with Crippen molar-refractivity contribution < 1.29 is 14.6 Å². The van der Waals surface area contributed by atoms with Gasteiger partial charge in [-0.05, 0) is 29.7 Å². The predicted octanol–water partition coefficient (Wildman–Crippen LogP) is 4.07. The van der Waals surface area contributed by atoms with Gasteiger partial charge in [-0.25, -0.2) is 4.79 Å². The van der Waals surface area contributed by atoms with E-state index in [-0.39, 0.29) is 0 Å². The smallest absolute Gasteiger partial charge is 0.328 e. The van der Waals surface area contributed by atoms with E-state index in [1.54, 1.807) is 13.2 Å². The van der Waals surface area contributed by atoms with Crippen LogP contribution < -0.4 is 4.74 Å². The highest BCUT2D eigenvalue weighted by atomic mass is 32.2. The number of ether oxygens (including phenoxy) is 1. The lowest BCUT2D eigenvalue weighted by Crippen LogP contribution is -2.06. The first-order valence-electron chi connectivity index (χ1n) is 6.63. The molecule has 0 spiro atoms. The monoisotopic (exact) mass is 294 g/mol. The number of hydrogen-bond acceptors (Lipinski definition) is 3. The van der Waals surface area contributed by atoms with Gasteiger partial charge < -0.3 is 9.84 Å². The summed E-state index contributed by atoms with van der Waals surface area (Å²) >= 11 is 1.88. The molecule has 1 atom stereocenters. The van der Waals surface area contributed by atoms with Crippen molar-refractivity contribution in [3.63, 3.8) is 0 Å². The molecular formula is C16H22O3S. The fourth-order valence-corrected chi connectivity index (χ4v) is 2.65. The molecule has 0 aliphatic heterocycles. The lowest BCUT2D eigenvalue weighted by atomic mass is 10.1. The summed E-state index contributed by atoms with van der Waals surface area (Å²) in [6.45, 7) is 6.64. The first kappa shape index (κ1) is 16.6. The average molecular weight is 294 g/mol. The van der Waals surface area contributed by atoms with E-state index in [4.69, 9.17) is 9.84 Å². The molecule has 1 N–H and O–H groups in total. The highest BCUT2D eigenvalue weighted by Gasteiger charge is 2.10. The SMILES string of the molecule is COc1ccc(/C=C/C(=O)O)cc1CSC(C)C(C)C. The van der Waals surface area contributed by atoms with Gasteiger partial charge in [-0.15, -0.1) is 0 Å². The summed E-state index contributed by atoms with van der Waals surface area (Å²) in [5, 5.41) is 9.23. The Bertz CT molecular complexity index is 481. The molecule has 0 radical (unpaired) electrons. The minimum absolute atomic E-state index is 0.568. The van der Waals surface area contributed by atoms with Crippen molar-refractivity contribution in [3.8, 4) is 5.75 Å². The molecule has 4 heteroatoms. The molecule has 1 aromatic carbocycles. The standard InChI is InChI=1S/C16H22O3S/c1-11(2)12(3)20-10-14-9-13(6-8-16(17)18)5-7-15(14)19-4/h5-9,11-12H,10H2,1-4H3,(H,17,18)/b8-6+. The van der Waals surface area contributed by atoms with Gasteiger partial charge in [0.1, 0.15) is 5.75 Å². The molecule has 0 bridgehead atoms. The Hall–Kier alpha value is -1.42. The zero-order chi connectivity index (χ0) is 15.1. The highest BCUT2D eigenvalue weighted by molar-refractivity contribution is 7.99. The number of carboxylic acid groups (broad SMARTS) is 1. The minimum Gasteiger partial charge on any atom is -0.496 e. The van der Waals surface area contributed by atoms with Crippen molar-refractivity contribution >= 4 is 23.8 Å². The van der Waals surface area contributed by atoms with E-state index in [1.807, 2.05) is 30.0 Å². The number of methoxy groups -OCH3 is 1. The fourth-order valence-electron chi connectivity index (χ4n) is 1.60. The Morgan fingerprint density at radius 3 is 2.65 bits per heavy atom. The second-order valence-corrected chi connectivity index (χ2v) is 6.37. The molecule has 3 nitrogen and oxygen atoms in total. The number of rotatable bonds is 7. The Morgan fingerprint density at radius 2 is 2.10 bits per heavy atom. The van der Waals surface area contributed by atoms with Gasteiger partial charge in [0.05, 0.1) is 7.11 Å². The van der Waals surface area contributed by atoms with Gasteiger partial charge in [0.2, 0.25) is 0 Å². The molecule has 0 aliphatic carbocycles. The van der Waals surface area contributed by atoms with Crippen molar-refractivity contribution in [2.24, 2.45) is 5.92 Å². The van der Waals surface area contributed by atoms with Crippen LogP contribution in [0, 0.1) is 5.92 Å². The number of hydrogen-bond donors (Lipinski definition) is 1. The maximum Gasteiger partial charge on any atom is 0.328 e. The lowest BCUT2D eigenvalue weighted by Gasteiger charge is -2.16. The van der Waals surface area contributed by atoms with Crippen LogP contribution >= 0.6 is 11.8 Å². The van der Waals surface area contributed by atoms with Crippen LogP contribution in [0.4, 0.5) is 0 Å². The van der Waals surface area contributed by atoms with Crippen LogP contribution in [0.25, 0.3) is 6.08 Å². The first-order valence-corrected chi connectivity index (χ1v) is 7.68. The zero-order valence-electron chi connectivity index (χ0n) is 12.4. The normalized spacial score (nSPS) is 12.8. The van der Waals surface area contributed by atoms with Crippen molar-refractivity contribution in [3.05, 3.63) is 35.4 Å². The van der Waals surface area contributed by atoms with Crippen molar-refractivity contribution in [1.29, 1.82) is 0 Å². The van der Waals surface area contributed by atoms with E-state index in [0.717, 1.165) is 28.7 Å². The van der Waals surface area contributed by atoms with Crippen LogP contribution in [0.3, 0.4) is 0 Å². The Kier molecular flexibility index (Phi) is 6.65. The van der Waals surface area contributed by atoms with Crippen molar-refractivity contribution in [1.82, 2.24) is 0 Å². The van der Waals surface area contributed by atoms with E-state index >= 15 is 0 Å². The van der Waals surface area contributed by atoms with Crippen LogP contribution in [0.15, 0.2) is 24.3 Å². The number of aliphatic carboxylic acids is 1. The lowest BCUT2D eigenvalue weighted by molar-refractivity contribution is -0.131. The summed E-state index contributed by atoms with van der Waals surface area (Å²) in [4.78, 5) is 10.6. The van der Waals surface area contributed by atoms with E-state index in [2.05, 4.69) is 20.8 Å². The molecule has 0 fully saturated rings. The fraction of sp³-hybridized carbons (Fsp3) is 0.438. The minimum atomic E-state index is -0.940. The summed E-state index contributed by atoms with van der Waals surface area (Å²) < 4.78 is 5.36. The molecule has 20 heavy (non-hydrogen) atoms. The summed E-state index contributed by atoms with van der Waals surface area (Å²) in [6, 6.07) is 5.73. The maximum absolute atomic E-state index is 10.6. The molecule has 1 unspecified atom stereocenters. The molecule has 0 saturated carbocycles. The Balaban J connectivity index is 2.86. The summed E-state index contributed by atoms with van der Waals surface area (Å²) in [6.07, 6.45) is 2.75.